The second-order valence-electron chi connectivity index (χ2n) is 7.60. The molecule has 0 heterocycles. The first-order valence-corrected chi connectivity index (χ1v) is 9.61. The highest BCUT2D eigenvalue weighted by Gasteiger charge is 2.33. The quantitative estimate of drug-likeness (QED) is 0.720. The van der Waals surface area contributed by atoms with Crippen LogP contribution in [0.2, 0.25) is 0 Å². The Balaban J connectivity index is 1.88. The van der Waals surface area contributed by atoms with Crippen molar-refractivity contribution in [3.63, 3.8) is 0 Å². The smallest absolute Gasteiger partial charge is 0.0734 e. The minimum Gasteiger partial charge on any atom is -0.373 e. The van der Waals surface area contributed by atoms with Crippen molar-refractivity contribution < 1.29 is 4.74 Å². The number of hydrogen-bond donors (Lipinski definition) is 1. The van der Waals surface area contributed by atoms with E-state index in [-0.39, 0.29) is 0 Å². The molecule has 2 aliphatic carbocycles. The first-order valence-electron chi connectivity index (χ1n) is 9.61. The molecule has 0 aromatic rings. The van der Waals surface area contributed by atoms with Gasteiger partial charge >= 0.3 is 0 Å². The molecule has 2 fully saturated rings. The van der Waals surface area contributed by atoms with E-state index in [0.29, 0.717) is 18.2 Å². The first-order chi connectivity index (χ1) is 10.2. The predicted molar refractivity (Wildman–Crippen MR) is 90.6 cm³/mol. The molecule has 2 aliphatic rings. The van der Waals surface area contributed by atoms with Crippen LogP contribution in [0.4, 0.5) is 0 Å². The van der Waals surface area contributed by atoms with Crippen LogP contribution in [0, 0.1) is 11.8 Å². The lowest BCUT2D eigenvalue weighted by Gasteiger charge is -2.40. The summed E-state index contributed by atoms with van der Waals surface area (Å²) in [6.45, 7) is 8.11. The van der Waals surface area contributed by atoms with Gasteiger partial charge in [-0.25, -0.2) is 0 Å². The molecule has 2 rings (SSSR count). The Morgan fingerprint density at radius 2 is 1.86 bits per heavy atom. The minimum absolute atomic E-state index is 0.470. The van der Waals surface area contributed by atoms with E-state index in [1.165, 1.54) is 64.2 Å². The minimum atomic E-state index is 0.470. The lowest BCUT2D eigenvalue weighted by atomic mass is 9.81. The summed E-state index contributed by atoms with van der Waals surface area (Å²) in [4.78, 5) is 0. The van der Waals surface area contributed by atoms with Crippen molar-refractivity contribution in [3.8, 4) is 0 Å². The van der Waals surface area contributed by atoms with Crippen molar-refractivity contribution in [2.24, 2.45) is 11.8 Å². The Morgan fingerprint density at radius 1 is 1.00 bits per heavy atom. The highest BCUT2D eigenvalue weighted by atomic mass is 16.5. The van der Waals surface area contributed by atoms with Gasteiger partial charge in [-0.2, -0.15) is 0 Å². The summed E-state index contributed by atoms with van der Waals surface area (Å²) in [5.74, 6) is 1.77. The van der Waals surface area contributed by atoms with Crippen molar-refractivity contribution in [2.45, 2.75) is 103 Å². The maximum atomic E-state index is 6.63. The zero-order valence-electron chi connectivity index (χ0n) is 14.6. The highest BCUT2D eigenvalue weighted by molar-refractivity contribution is 4.87. The van der Waals surface area contributed by atoms with Crippen LogP contribution in [0.3, 0.4) is 0 Å². The van der Waals surface area contributed by atoms with E-state index in [2.05, 4.69) is 26.1 Å². The molecule has 2 nitrogen and oxygen atoms in total. The van der Waals surface area contributed by atoms with Gasteiger partial charge in [0.1, 0.15) is 0 Å². The SMILES string of the molecule is CCCNC1CCC(CCC)CC1OC1CCCC(C)C1. The molecule has 0 aliphatic heterocycles. The Morgan fingerprint density at radius 3 is 2.57 bits per heavy atom. The number of rotatable bonds is 7. The molecule has 0 saturated heterocycles. The zero-order valence-corrected chi connectivity index (χ0v) is 14.6. The lowest BCUT2D eigenvalue weighted by molar-refractivity contribution is -0.0765. The van der Waals surface area contributed by atoms with E-state index in [4.69, 9.17) is 4.74 Å². The fraction of sp³-hybridized carbons (Fsp3) is 1.00. The Hall–Kier alpha value is -0.0800. The molecule has 2 saturated carbocycles. The van der Waals surface area contributed by atoms with Crippen LogP contribution in [0.5, 0.6) is 0 Å². The van der Waals surface area contributed by atoms with Crippen LogP contribution in [0.15, 0.2) is 0 Å². The van der Waals surface area contributed by atoms with Gasteiger partial charge < -0.3 is 10.1 Å². The fourth-order valence-electron chi connectivity index (χ4n) is 4.35. The topological polar surface area (TPSA) is 21.3 Å². The van der Waals surface area contributed by atoms with Crippen molar-refractivity contribution in [2.75, 3.05) is 6.54 Å². The molecule has 5 unspecified atom stereocenters. The second-order valence-corrected chi connectivity index (χ2v) is 7.60. The van der Waals surface area contributed by atoms with Crippen molar-refractivity contribution in [3.05, 3.63) is 0 Å². The highest BCUT2D eigenvalue weighted by Crippen LogP contribution is 2.33. The predicted octanol–water partition coefficient (Wildman–Crippen LogP) is 4.92. The Bertz CT molecular complexity index is 281. The van der Waals surface area contributed by atoms with Crippen LogP contribution in [0.25, 0.3) is 0 Å². The number of hydrogen-bond acceptors (Lipinski definition) is 2. The van der Waals surface area contributed by atoms with Gasteiger partial charge in [0.25, 0.3) is 0 Å². The van der Waals surface area contributed by atoms with Crippen LogP contribution in [-0.4, -0.2) is 24.8 Å². The molecular weight excluding hydrogens is 258 g/mol. The van der Waals surface area contributed by atoms with Gasteiger partial charge in [-0.3, -0.25) is 0 Å². The second kappa shape index (κ2) is 9.15. The maximum Gasteiger partial charge on any atom is 0.0734 e. The molecule has 0 aromatic heterocycles. The van der Waals surface area contributed by atoms with Crippen LogP contribution >= 0.6 is 0 Å². The van der Waals surface area contributed by atoms with E-state index in [0.717, 1.165) is 18.4 Å². The number of nitrogens with one attached hydrogen (secondary N) is 1. The molecule has 0 aromatic carbocycles. The van der Waals surface area contributed by atoms with E-state index in [1.807, 2.05) is 0 Å². The van der Waals surface area contributed by atoms with Gasteiger partial charge in [0, 0.05) is 6.04 Å². The molecule has 21 heavy (non-hydrogen) atoms. The summed E-state index contributed by atoms with van der Waals surface area (Å²) in [6.07, 6.45) is 14.3. The summed E-state index contributed by atoms with van der Waals surface area (Å²) in [7, 11) is 0. The largest absolute Gasteiger partial charge is 0.373 e. The Labute approximate surface area is 132 Å². The zero-order chi connectivity index (χ0) is 15.1. The number of ether oxygens (including phenoxy) is 1. The third kappa shape index (κ3) is 5.56. The van der Waals surface area contributed by atoms with Crippen molar-refractivity contribution in [1.29, 1.82) is 0 Å². The standard InChI is InChI=1S/C19H37NO/c1-4-7-16-10-11-18(20-12-5-2)19(14-16)21-17-9-6-8-15(3)13-17/h15-20H,4-14H2,1-3H3. The van der Waals surface area contributed by atoms with Gasteiger partial charge in [-0.05, 0) is 56.9 Å². The van der Waals surface area contributed by atoms with E-state index in [9.17, 15) is 0 Å². The van der Waals surface area contributed by atoms with Crippen LogP contribution in [-0.2, 0) is 4.74 Å². The summed E-state index contributed by atoms with van der Waals surface area (Å²) in [6, 6.07) is 0.607. The monoisotopic (exact) mass is 295 g/mol. The molecule has 124 valence electrons. The average Bonchev–Trinajstić information content (AvgIpc) is 2.47. The molecule has 2 heteroatoms. The lowest BCUT2D eigenvalue weighted by Crippen LogP contribution is -2.47. The molecule has 0 bridgehead atoms. The van der Waals surface area contributed by atoms with Gasteiger partial charge in [0.2, 0.25) is 0 Å². The fourth-order valence-corrected chi connectivity index (χ4v) is 4.35. The third-order valence-corrected chi connectivity index (χ3v) is 5.51. The summed E-state index contributed by atoms with van der Waals surface area (Å²) >= 11 is 0. The average molecular weight is 296 g/mol. The van der Waals surface area contributed by atoms with Gasteiger partial charge in [-0.15, -0.1) is 0 Å². The van der Waals surface area contributed by atoms with Gasteiger partial charge in [0.05, 0.1) is 12.2 Å². The summed E-state index contributed by atoms with van der Waals surface area (Å²) < 4.78 is 6.63. The van der Waals surface area contributed by atoms with E-state index in [1.54, 1.807) is 0 Å². The molecule has 0 radical (unpaired) electrons. The third-order valence-electron chi connectivity index (χ3n) is 5.51. The normalized spacial score (nSPS) is 37.6. The summed E-state index contributed by atoms with van der Waals surface area (Å²) in [5, 5.41) is 3.76. The molecule has 0 spiro atoms. The summed E-state index contributed by atoms with van der Waals surface area (Å²) in [5.41, 5.74) is 0. The van der Waals surface area contributed by atoms with E-state index >= 15 is 0 Å². The molecular formula is C19H37NO. The molecule has 1 N–H and O–H groups in total. The first kappa shape index (κ1) is 17.3. The van der Waals surface area contributed by atoms with E-state index < -0.39 is 0 Å². The molecule has 5 atom stereocenters. The van der Waals surface area contributed by atoms with Gasteiger partial charge in [0.15, 0.2) is 0 Å². The maximum absolute atomic E-state index is 6.63. The van der Waals surface area contributed by atoms with Crippen molar-refractivity contribution in [1.82, 2.24) is 5.32 Å². The van der Waals surface area contributed by atoms with Gasteiger partial charge in [-0.1, -0.05) is 46.5 Å². The van der Waals surface area contributed by atoms with Crippen molar-refractivity contribution >= 4 is 0 Å². The molecule has 0 amide bonds. The van der Waals surface area contributed by atoms with Crippen LogP contribution in [0.1, 0.15) is 85.0 Å². The Kier molecular flexibility index (Phi) is 7.53. The van der Waals surface area contributed by atoms with Crippen LogP contribution < -0.4 is 5.32 Å².